The van der Waals surface area contributed by atoms with Crippen LogP contribution in [0.2, 0.25) is 0 Å². The minimum atomic E-state index is -1.02. The quantitative estimate of drug-likeness (QED) is 0.593. The molecule has 24 heavy (non-hydrogen) atoms. The number of hydrogen-bond donors (Lipinski definition) is 3. The van der Waals surface area contributed by atoms with E-state index >= 15 is 0 Å². The summed E-state index contributed by atoms with van der Waals surface area (Å²) in [5.41, 5.74) is -1.03. The molecule has 2 saturated carbocycles. The van der Waals surface area contributed by atoms with E-state index in [1.807, 2.05) is 13.8 Å². The Morgan fingerprint density at radius 2 is 1.83 bits per heavy atom. The standard InChI is InChI=1S/C20H30O4/c1-10-8-19-9-15-20(23)13(7-14(21)17(20,2)3)18(4,24-15)12(19)6-5-11(10)16(19)22/h8,11-16,21-23H,5-7,9H2,1-4H3/t11-,12+,13-,14-,15+,16+,18-,19+,20+/m0/s1. The van der Waals surface area contributed by atoms with E-state index in [-0.39, 0.29) is 35.4 Å². The van der Waals surface area contributed by atoms with Crippen molar-refractivity contribution in [3.05, 3.63) is 11.6 Å². The minimum Gasteiger partial charge on any atom is -0.392 e. The molecule has 0 aromatic rings. The molecule has 9 atom stereocenters. The molecule has 5 rings (SSSR count). The minimum absolute atomic E-state index is 0.0672. The molecule has 0 amide bonds. The molecule has 2 saturated heterocycles. The molecule has 5 aliphatic rings. The maximum atomic E-state index is 11.8. The monoisotopic (exact) mass is 334 g/mol. The van der Waals surface area contributed by atoms with Gasteiger partial charge in [0.2, 0.25) is 0 Å². The van der Waals surface area contributed by atoms with Crippen LogP contribution in [0.15, 0.2) is 11.6 Å². The number of hydrogen-bond acceptors (Lipinski definition) is 4. The van der Waals surface area contributed by atoms with Gasteiger partial charge in [0.1, 0.15) is 5.60 Å². The maximum Gasteiger partial charge on any atom is 0.104 e. The largest absolute Gasteiger partial charge is 0.392 e. The summed E-state index contributed by atoms with van der Waals surface area (Å²) in [5.74, 6) is 0.419. The molecule has 1 spiro atoms. The number of aliphatic hydroxyl groups is 3. The van der Waals surface area contributed by atoms with E-state index < -0.39 is 22.7 Å². The number of fused-ring (bicyclic) bond motifs is 7. The Balaban J connectivity index is 1.69. The highest BCUT2D eigenvalue weighted by Crippen LogP contribution is 2.72. The van der Waals surface area contributed by atoms with Gasteiger partial charge in [0.25, 0.3) is 0 Å². The highest BCUT2D eigenvalue weighted by Gasteiger charge is 2.79. The summed E-state index contributed by atoms with van der Waals surface area (Å²) in [6.07, 6.45) is 4.44. The van der Waals surface area contributed by atoms with Gasteiger partial charge in [-0.25, -0.2) is 0 Å². The average Bonchev–Trinajstić information content (AvgIpc) is 2.85. The molecule has 0 radical (unpaired) electrons. The topological polar surface area (TPSA) is 69.9 Å². The molecule has 2 aliphatic heterocycles. The Morgan fingerprint density at radius 3 is 2.54 bits per heavy atom. The van der Waals surface area contributed by atoms with Gasteiger partial charge in [-0.3, -0.25) is 0 Å². The summed E-state index contributed by atoms with van der Waals surface area (Å²) >= 11 is 0. The molecular weight excluding hydrogens is 304 g/mol. The van der Waals surface area contributed by atoms with Gasteiger partial charge in [-0.05, 0) is 45.4 Å². The second kappa shape index (κ2) is 4.11. The predicted octanol–water partition coefficient (Wildman–Crippen LogP) is 2.02. The molecule has 2 heterocycles. The van der Waals surface area contributed by atoms with Crippen LogP contribution < -0.4 is 0 Å². The van der Waals surface area contributed by atoms with Gasteiger partial charge in [0, 0.05) is 22.7 Å². The smallest absolute Gasteiger partial charge is 0.104 e. The van der Waals surface area contributed by atoms with E-state index in [1.165, 1.54) is 5.57 Å². The molecule has 0 aromatic heterocycles. The zero-order valence-electron chi connectivity index (χ0n) is 15.1. The van der Waals surface area contributed by atoms with Crippen LogP contribution in [0.1, 0.15) is 53.4 Å². The van der Waals surface area contributed by atoms with Gasteiger partial charge in [-0.2, -0.15) is 0 Å². The van der Waals surface area contributed by atoms with E-state index in [1.54, 1.807) is 0 Å². The van der Waals surface area contributed by atoms with Gasteiger partial charge in [-0.1, -0.05) is 25.5 Å². The van der Waals surface area contributed by atoms with Crippen LogP contribution in [0, 0.1) is 28.6 Å². The van der Waals surface area contributed by atoms with Crippen molar-refractivity contribution in [1.82, 2.24) is 0 Å². The van der Waals surface area contributed by atoms with Gasteiger partial charge >= 0.3 is 0 Å². The Hall–Kier alpha value is -0.420. The second-order valence-corrected chi connectivity index (χ2v) is 10.0. The van der Waals surface area contributed by atoms with E-state index in [9.17, 15) is 15.3 Å². The summed E-state index contributed by atoms with van der Waals surface area (Å²) < 4.78 is 6.54. The van der Waals surface area contributed by atoms with Gasteiger partial charge < -0.3 is 20.1 Å². The molecule has 0 aromatic carbocycles. The molecular formula is C20H30O4. The van der Waals surface area contributed by atoms with Crippen molar-refractivity contribution in [2.45, 2.75) is 82.9 Å². The summed E-state index contributed by atoms with van der Waals surface area (Å²) in [6, 6.07) is 0. The molecule has 4 heteroatoms. The van der Waals surface area contributed by atoms with Gasteiger partial charge in [0.15, 0.2) is 0 Å². The normalized spacial score (nSPS) is 63.0. The first-order valence-electron chi connectivity index (χ1n) is 9.54. The second-order valence-electron chi connectivity index (χ2n) is 10.0. The SMILES string of the molecule is CC1=C[C@@]23C[C@H]4O[C@@](C)([C@H]2CC[C@@H]1[C@H]3O)[C@@H]1C[C@H](O)C(C)(C)[C@]41O. The summed E-state index contributed by atoms with van der Waals surface area (Å²) in [5, 5.41) is 33.6. The summed E-state index contributed by atoms with van der Waals surface area (Å²) in [6.45, 7) is 8.23. The predicted molar refractivity (Wildman–Crippen MR) is 89.2 cm³/mol. The first kappa shape index (κ1) is 15.8. The fourth-order valence-corrected chi connectivity index (χ4v) is 7.73. The van der Waals surface area contributed by atoms with Crippen molar-refractivity contribution in [3.8, 4) is 0 Å². The van der Waals surface area contributed by atoms with Crippen LogP contribution in [0.25, 0.3) is 0 Å². The Bertz CT molecular complexity index is 642. The first-order valence-corrected chi connectivity index (χ1v) is 9.54. The molecule has 4 bridgehead atoms. The maximum absolute atomic E-state index is 11.8. The van der Waals surface area contributed by atoms with Gasteiger partial charge in [0.05, 0.1) is 23.9 Å². The van der Waals surface area contributed by atoms with Crippen molar-refractivity contribution in [2.24, 2.45) is 28.6 Å². The van der Waals surface area contributed by atoms with Crippen LogP contribution >= 0.6 is 0 Å². The van der Waals surface area contributed by atoms with Crippen LogP contribution in [-0.4, -0.2) is 44.8 Å². The number of ether oxygens (including phenoxy) is 1. The molecule has 0 unspecified atom stereocenters. The van der Waals surface area contributed by atoms with Gasteiger partial charge in [-0.15, -0.1) is 0 Å². The highest BCUT2D eigenvalue weighted by molar-refractivity contribution is 5.35. The van der Waals surface area contributed by atoms with Crippen LogP contribution in [0.5, 0.6) is 0 Å². The van der Waals surface area contributed by atoms with Crippen molar-refractivity contribution in [2.75, 3.05) is 0 Å². The molecule has 134 valence electrons. The lowest BCUT2D eigenvalue weighted by Gasteiger charge is -2.56. The fraction of sp³-hybridized carbons (Fsp3) is 0.900. The van der Waals surface area contributed by atoms with Crippen molar-refractivity contribution < 1.29 is 20.1 Å². The van der Waals surface area contributed by atoms with Crippen molar-refractivity contribution in [3.63, 3.8) is 0 Å². The van der Waals surface area contributed by atoms with Crippen LogP contribution in [0.4, 0.5) is 0 Å². The lowest BCUT2D eigenvalue weighted by Crippen LogP contribution is -2.59. The summed E-state index contributed by atoms with van der Waals surface area (Å²) in [4.78, 5) is 0. The Morgan fingerprint density at radius 1 is 1.12 bits per heavy atom. The molecule has 4 fully saturated rings. The van der Waals surface area contributed by atoms with Crippen LogP contribution in [0.3, 0.4) is 0 Å². The zero-order valence-corrected chi connectivity index (χ0v) is 15.1. The third kappa shape index (κ3) is 1.34. The molecule has 4 nitrogen and oxygen atoms in total. The number of aliphatic hydroxyl groups excluding tert-OH is 2. The molecule has 3 aliphatic carbocycles. The van der Waals surface area contributed by atoms with E-state index in [0.29, 0.717) is 12.8 Å². The van der Waals surface area contributed by atoms with E-state index in [2.05, 4.69) is 19.9 Å². The summed E-state index contributed by atoms with van der Waals surface area (Å²) in [7, 11) is 0. The Kier molecular flexibility index (Phi) is 2.71. The lowest BCUT2D eigenvalue weighted by atomic mass is 9.56. The van der Waals surface area contributed by atoms with Crippen molar-refractivity contribution in [1.29, 1.82) is 0 Å². The number of rotatable bonds is 0. The van der Waals surface area contributed by atoms with Crippen molar-refractivity contribution >= 4 is 0 Å². The van der Waals surface area contributed by atoms with E-state index in [4.69, 9.17) is 4.74 Å². The highest BCUT2D eigenvalue weighted by atomic mass is 16.5. The average molecular weight is 334 g/mol. The fourth-order valence-electron chi connectivity index (χ4n) is 7.73. The third-order valence-corrected chi connectivity index (χ3v) is 9.09. The third-order valence-electron chi connectivity index (χ3n) is 9.09. The Labute approximate surface area is 143 Å². The van der Waals surface area contributed by atoms with Crippen LogP contribution in [-0.2, 0) is 4.74 Å². The zero-order chi connectivity index (χ0) is 17.3. The lowest BCUT2D eigenvalue weighted by molar-refractivity contribution is -0.224. The first-order chi connectivity index (χ1) is 11.1. The molecule has 3 N–H and O–H groups in total. The van der Waals surface area contributed by atoms with E-state index in [0.717, 1.165) is 12.8 Å².